The second-order valence-corrected chi connectivity index (χ2v) is 6.53. The summed E-state index contributed by atoms with van der Waals surface area (Å²) in [6.45, 7) is 0.883. The summed E-state index contributed by atoms with van der Waals surface area (Å²) in [6.07, 6.45) is 5.41. The molecule has 0 amide bonds. The van der Waals surface area contributed by atoms with Crippen LogP contribution in [0.1, 0.15) is 12.0 Å². The first-order valence-electron chi connectivity index (χ1n) is 6.41. The molecule has 104 valence electrons. The van der Waals surface area contributed by atoms with Crippen molar-refractivity contribution in [2.24, 2.45) is 0 Å². The smallest absolute Gasteiger partial charge is 0.260 e. The minimum Gasteiger partial charge on any atom is -0.335 e. The number of benzene rings is 1. The lowest BCUT2D eigenvalue weighted by molar-refractivity contribution is 0.439. The molecule has 0 fully saturated rings. The van der Waals surface area contributed by atoms with Crippen molar-refractivity contribution in [3.8, 4) is 0 Å². The van der Waals surface area contributed by atoms with E-state index in [0.29, 0.717) is 13.1 Å². The van der Waals surface area contributed by atoms with E-state index in [0.717, 1.165) is 12.0 Å². The highest BCUT2D eigenvalue weighted by Crippen LogP contribution is 2.24. The summed E-state index contributed by atoms with van der Waals surface area (Å²) < 4.78 is 26.1. The van der Waals surface area contributed by atoms with Crippen LogP contribution in [0.15, 0.2) is 54.0 Å². The fraction of sp³-hybridized carbons (Fsp3) is 0.214. The predicted molar refractivity (Wildman–Crippen MR) is 76.4 cm³/mol. The summed E-state index contributed by atoms with van der Waals surface area (Å²) in [5.41, 5.74) is 2.35. The molecule has 3 rings (SSSR count). The molecule has 2 heterocycles. The van der Waals surface area contributed by atoms with Gasteiger partial charge in [-0.1, -0.05) is 36.4 Å². The molecule has 0 bridgehead atoms. The van der Waals surface area contributed by atoms with E-state index >= 15 is 0 Å². The molecule has 2 aromatic rings. The van der Waals surface area contributed by atoms with Crippen molar-refractivity contribution >= 4 is 15.6 Å². The van der Waals surface area contributed by atoms with E-state index in [-0.39, 0.29) is 5.03 Å². The lowest BCUT2D eigenvalue weighted by Gasteiger charge is -2.25. The summed E-state index contributed by atoms with van der Waals surface area (Å²) in [5.74, 6) is 0. The van der Waals surface area contributed by atoms with Crippen molar-refractivity contribution in [1.29, 1.82) is 0 Å². The third kappa shape index (κ3) is 2.39. The highest BCUT2D eigenvalue weighted by atomic mass is 32.2. The first kappa shape index (κ1) is 13.1. The monoisotopic (exact) mass is 289 g/mol. The summed E-state index contributed by atoms with van der Waals surface area (Å²) >= 11 is 0. The van der Waals surface area contributed by atoms with E-state index in [4.69, 9.17) is 0 Å². The molecule has 1 aromatic carbocycles. The fourth-order valence-electron chi connectivity index (χ4n) is 2.31. The molecule has 0 atom stereocenters. The number of nitrogens with zero attached hydrogens (tertiary/aromatic N) is 2. The largest absolute Gasteiger partial charge is 0.335 e. The Hall–Kier alpha value is -1.92. The van der Waals surface area contributed by atoms with E-state index in [9.17, 15) is 8.42 Å². The molecule has 20 heavy (non-hydrogen) atoms. The number of imidazole rings is 1. The third-order valence-electron chi connectivity index (χ3n) is 3.41. The van der Waals surface area contributed by atoms with Crippen LogP contribution in [0.3, 0.4) is 0 Å². The number of hydrogen-bond acceptors (Lipinski definition) is 3. The second kappa shape index (κ2) is 5.22. The molecule has 1 aliphatic rings. The standard InChI is InChI=1S/C14H15N3O2S/c18-20(19,14-10-15-11-16-14)17-8-6-13(7-9-17)12-4-2-1-3-5-12/h1-6,10-11H,7-9H2,(H,15,16). The van der Waals surface area contributed by atoms with E-state index in [2.05, 4.69) is 9.97 Å². The van der Waals surface area contributed by atoms with Gasteiger partial charge in [-0.2, -0.15) is 4.31 Å². The Morgan fingerprint density at radius 1 is 1.20 bits per heavy atom. The molecule has 0 saturated heterocycles. The van der Waals surface area contributed by atoms with Gasteiger partial charge in [-0.15, -0.1) is 0 Å². The first-order chi connectivity index (χ1) is 9.68. The normalized spacial score (nSPS) is 16.9. The topological polar surface area (TPSA) is 66.1 Å². The lowest BCUT2D eigenvalue weighted by atomic mass is 10.0. The first-order valence-corrected chi connectivity index (χ1v) is 7.85. The molecule has 1 N–H and O–H groups in total. The SMILES string of the molecule is O=S(=O)(c1cnc[nH]1)N1CC=C(c2ccccc2)CC1. The Morgan fingerprint density at radius 2 is 2.00 bits per heavy atom. The van der Waals surface area contributed by atoms with Crippen molar-refractivity contribution in [3.63, 3.8) is 0 Å². The zero-order valence-electron chi connectivity index (χ0n) is 10.9. The van der Waals surface area contributed by atoms with Gasteiger partial charge in [0.25, 0.3) is 10.0 Å². The van der Waals surface area contributed by atoms with Crippen LogP contribution in [-0.4, -0.2) is 35.8 Å². The average molecular weight is 289 g/mol. The second-order valence-electron chi connectivity index (χ2n) is 4.62. The highest BCUT2D eigenvalue weighted by molar-refractivity contribution is 7.89. The molecule has 0 aliphatic carbocycles. The number of rotatable bonds is 3. The zero-order valence-corrected chi connectivity index (χ0v) is 11.7. The molecule has 0 unspecified atom stereocenters. The van der Waals surface area contributed by atoms with Crippen LogP contribution in [0.4, 0.5) is 0 Å². The van der Waals surface area contributed by atoms with Crippen LogP contribution in [0.25, 0.3) is 5.57 Å². The van der Waals surface area contributed by atoms with Crippen LogP contribution in [0.2, 0.25) is 0 Å². The Kier molecular flexibility index (Phi) is 3.42. The maximum Gasteiger partial charge on any atom is 0.260 e. The molecule has 0 spiro atoms. The van der Waals surface area contributed by atoms with E-state index in [1.54, 1.807) is 0 Å². The summed E-state index contributed by atoms with van der Waals surface area (Å²) in [5, 5.41) is 0.147. The highest BCUT2D eigenvalue weighted by Gasteiger charge is 2.27. The van der Waals surface area contributed by atoms with Crippen LogP contribution >= 0.6 is 0 Å². The minimum absolute atomic E-state index is 0.147. The van der Waals surface area contributed by atoms with Gasteiger partial charge < -0.3 is 4.98 Å². The van der Waals surface area contributed by atoms with Gasteiger partial charge in [0.2, 0.25) is 0 Å². The zero-order chi connectivity index (χ0) is 14.0. The van der Waals surface area contributed by atoms with Crippen molar-refractivity contribution in [3.05, 3.63) is 54.5 Å². The van der Waals surface area contributed by atoms with Crippen LogP contribution < -0.4 is 0 Å². The molecule has 5 nitrogen and oxygen atoms in total. The molecular weight excluding hydrogens is 274 g/mol. The van der Waals surface area contributed by atoms with Gasteiger partial charge in [-0.25, -0.2) is 13.4 Å². The van der Waals surface area contributed by atoms with Gasteiger partial charge in [-0.05, 0) is 17.6 Å². The van der Waals surface area contributed by atoms with Gasteiger partial charge in [0, 0.05) is 13.1 Å². The van der Waals surface area contributed by atoms with E-state index in [1.165, 1.54) is 22.4 Å². The van der Waals surface area contributed by atoms with E-state index in [1.807, 2.05) is 36.4 Å². The van der Waals surface area contributed by atoms with Crippen LogP contribution in [0.5, 0.6) is 0 Å². The number of nitrogens with one attached hydrogen (secondary N) is 1. The maximum atomic E-state index is 12.3. The fourth-order valence-corrected chi connectivity index (χ4v) is 3.58. The van der Waals surface area contributed by atoms with Gasteiger partial charge in [-0.3, -0.25) is 0 Å². The van der Waals surface area contributed by atoms with Gasteiger partial charge >= 0.3 is 0 Å². The van der Waals surface area contributed by atoms with Crippen LogP contribution in [-0.2, 0) is 10.0 Å². The minimum atomic E-state index is -3.45. The van der Waals surface area contributed by atoms with Crippen molar-refractivity contribution in [2.75, 3.05) is 13.1 Å². The Bertz CT molecular complexity index is 706. The van der Waals surface area contributed by atoms with Crippen molar-refractivity contribution < 1.29 is 8.42 Å². The summed E-state index contributed by atoms with van der Waals surface area (Å²) in [4.78, 5) is 6.43. The van der Waals surface area contributed by atoms with Crippen molar-refractivity contribution in [2.45, 2.75) is 11.4 Å². The Labute approximate surface area is 118 Å². The Morgan fingerprint density at radius 3 is 2.60 bits per heavy atom. The number of hydrogen-bond donors (Lipinski definition) is 1. The van der Waals surface area contributed by atoms with E-state index < -0.39 is 10.0 Å². The van der Waals surface area contributed by atoms with Gasteiger partial charge in [0.1, 0.15) is 0 Å². The van der Waals surface area contributed by atoms with Gasteiger partial charge in [0.05, 0.1) is 12.5 Å². The number of aromatic amines is 1. The number of aromatic nitrogens is 2. The van der Waals surface area contributed by atoms with Gasteiger partial charge in [0.15, 0.2) is 5.03 Å². The average Bonchev–Trinajstić information content (AvgIpc) is 3.03. The molecule has 0 saturated carbocycles. The summed E-state index contributed by atoms with van der Waals surface area (Å²) in [7, 11) is -3.45. The van der Waals surface area contributed by atoms with Crippen molar-refractivity contribution in [1.82, 2.24) is 14.3 Å². The molecule has 1 aliphatic heterocycles. The lowest BCUT2D eigenvalue weighted by Crippen LogP contribution is -2.34. The maximum absolute atomic E-state index is 12.3. The Balaban J connectivity index is 1.80. The van der Waals surface area contributed by atoms with Crippen LogP contribution in [0, 0.1) is 0 Å². The quantitative estimate of drug-likeness (QED) is 0.938. The molecule has 1 aromatic heterocycles. The molecule has 0 radical (unpaired) electrons. The number of sulfonamides is 1. The predicted octanol–water partition coefficient (Wildman–Crippen LogP) is 1.89. The summed E-state index contributed by atoms with van der Waals surface area (Å²) in [6, 6.07) is 10.0. The molecule has 6 heteroatoms. The third-order valence-corrected chi connectivity index (χ3v) is 5.20. The molecular formula is C14H15N3O2S. The number of H-pyrrole nitrogens is 1.